The van der Waals surface area contributed by atoms with E-state index in [1.807, 2.05) is 0 Å². The average Bonchev–Trinajstić information content (AvgIpc) is 2.91. The number of carbonyl (C=O) groups excluding carboxylic acids is 1. The van der Waals surface area contributed by atoms with Crippen molar-refractivity contribution in [1.82, 2.24) is 0 Å². The van der Waals surface area contributed by atoms with Crippen LogP contribution in [0.25, 0.3) is 0 Å². The monoisotopic (exact) mass is 382 g/mol. The van der Waals surface area contributed by atoms with E-state index in [0.29, 0.717) is 29.9 Å². The lowest BCUT2D eigenvalue weighted by atomic mass is 10.1. The van der Waals surface area contributed by atoms with Crippen molar-refractivity contribution < 1.29 is 17.6 Å². The molecular weight excluding hydrogens is 367 g/mol. The second-order valence-corrected chi connectivity index (χ2v) is 8.18. The van der Waals surface area contributed by atoms with Gasteiger partial charge >= 0.3 is 0 Å². The summed E-state index contributed by atoms with van der Waals surface area (Å²) >= 11 is 6.18. The largest absolute Gasteiger partial charge is 0.324 e. The highest BCUT2D eigenvalue weighted by atomic mass is 35.5. The number of carbonyl (C=O) groups is 1. The van der Waals surface area contributed by atoms with Crippen LogP contribution in [-0.2, 0) is 21.2 Å². The van der Waals surface area contributed by atoms with E-state index >= 15 is 0 Å². The number of rotatable bonds is 4. The predicted molar refractivity (Wildman–Crippen MR) is 95.9 cm³/mol. The van der Waals surface area contributed by atoms with Crippen LogP contribution in [0.1, 0.15) is 12.0 Å². The second kappa shape index (κ2) is 7.01. The SMILES string of the molecule is O=C(Cc1ccc(F)cc1)Nc1ccc(N2CCCS2(=O)=O)cc1Cl. The highest BCUT2D eigenvalue weighted by Crippen LogP contribution is 2.31. The molecule has 1 amide bonds. The minimum absolute atomic E-state index is 0.0822. The van der Waals surface area contributed by atoms with Gasteiger partial charge in [0.25, 0.3) is 0 Å². The lowest BCUT2D eigenvalue weighted by Gasteiger charge is -2.18. The molecule has 132 valence electrons. The molecule has 1 N–H and O–H groups in total. The third-order valence-electron chi connectivity index (χ3n) is 3.89. The van der Waals surface area contributed by atoms with Crippen LogP contribution in [0.3, 0.4) is 0 Å². The molecule has 2 aromatic carbocycles. The number of hydrogen-bond donors (Lipinski definition) is 1. The zero-order valence-corrected chi connectivity index (χ0v) is 14.8. The van der Waals surface area contributed by atoms with Crippen LogP contribution in [0, 0.1) is 5.82 Å². The maximum absolute atomic E-state index is 12.9. The highest BCUT2D eigenvalue weighted by molar-refractivity contribution is 7.93. The maximum Gasteiger partial charge on any atom is 0.235 e. The normalized spacial score (nSPS) is 16.0. The first-order valence-corrected chi connectivity index (χ1v) is 9.68. The van der Waals surface area contributed by atoms with Gasteiger partial charge in [-0.3, -0.25) is 9.10 Å². The van der Waals surface area contributed by atoms with Gasteiger partial charge in [-0.05, 0) is 42.3 Å². The van der Waals surface area contributed by atoms with Crippen LogP contribution in [0.15, 0.2) is 42.5 Å². The van der Waals surface area contributed by atoms with Crippen LogP contribution in [0.2, 0.25) is 5.02 Å². The smallest absolute Gasteiger partial charge is 0.235 e. The van der Waals surface area contributed by atoms with Gasteiger partial charge in [0.05, 0.1) is 28.6 Å². The van der Waals surface area contributed by atoms with Gasteiger partial charge in [-0.25, -0.2) is 12.8 Å². The van der Waals surface area contributed by atoms with Gasteiger partial charge in [0, 0.05) is 6.54 Å². The molecule has 0 radical (unpaired) electrons. The Morgan fingerprint density at radius 2 is 1.92 bits per heavy atom. The van der Waals surface area contributed by atoms with Gasteiger partial charge in [-0.1, -0.05) is 23.7 Å². The van der Waals surface area contributed by atoms with Crippen molar-refractivity contribution >= 4 is 38.9 Å². The number of sulfonamides is 1. The molecule has 25 heavy (non-hydrogen) atoms. The summed E-state index contributed by atoms with van der Waals surface area (Å²) in [6.07, 6.45) is 0.662. The first-order valence-electron chi connectivity index (χ1n) is 7.69. The van der Waals surface area contributed by atoms with E-state index in [2.05, 4.69) is 5.32 Å². The van der Waals surface area contributed by atoms with E-state index in [1.165, 1.54) is 34.6 Å². The fourth-order valence-electron chi connectivity index (χ4n) is 2.67. The summed E-state index contributed by atoms with van der Waals surface area (Å²) in [4.78, 5) is 12.1. The number of anilines is 2. The van der Waals surface area contributed by atoms with E-state index in [1.54, 1.807) is 12.1 Å². The Morgan fingerprint density at radius 3 is 2.52 bits per heavy atom. The number of hydrogen-bond acceptors (Lipinski definition) is 3. The third kappa shape index (κ3) is 4.11. The molecule has 8 heteroatoms. The molecule has 1 aliphatic rings. The van der Waals surface area contributed by atoms with Crippen molar-refractivity contribution in [3.05, 3.63) is 58.9 Å². The molecule has 2 aromatic rings. The van der Waals surface area contributed by atoms with Crippen LogP contribution < -0.4 is 9.62 Å². The maximum atomic E-state index is 12.9. The molecule has 0 unspecified atom stereocenters. The van der Waals surface area contributed by atoms with E-state index in [4.69, 9.17) is 11.6 Å². The molecule has 1 saturated heterocycles. The van der Waals surface area contributed by atoms with E-state index in [-0.39, 0.29) is 28.9 Å². The molecule has 0 saturated carbocycles. The standard InChI is InChI=1S/C17H16ClFN2O3S/c18-15-11-14(21-8-1-9-25(21,23)24)6-7-16(15)20-17(22)10-12-2-4-13(19)5-3-12/h2-7,11H,1,8-10H2,(H,20,22). The van der Waals surface area contributed by atoms with Crippen molar-refractivity contribution in [2.75, 3.05) is 21.9 Å². The van der Waals surface area contributed by atoms with Crippen molar-refractivity contribution in [2.45, 2.75) is 12.8 Å². The minimum atomic E-state index is -3.28. The van der Waals surface area contributed by atoms with Crippen LogP contribution in [-0.4, -0.2) is 26.6 Å². The third-order valence-corrected chi connectivity index (χ3v) is 6.07. The van der Waals surface area contributed by atoms with Gasteiger partial charge in [-0.15, -0.1) is 0 Å². The number of nitrogens with zero attached hydrogens (tertiary/aromatic N) is 1. The van der Waals surface area contributed by atoms with Gasteiger partial charge in [0.15, 0.2) is 0 Å². The Bertz CT molecular complexity index is 901. The van der Waals surface area contributed by atoms with Crippen molar-refractivity contribution in [3.8, 4) is 0 Å². The van der Waals surface area contributed by atoms with E-state index in [0.717, 1.165) is 0 Å². The lowest BCUT2D eigenvalue weighted by molar-refractivity contribution is -0.115. The summed E-state index contributed by atoms with van der Waals surface area (Å²) in [5.41, 5.74) is 1.56. The Balaban J connectivity index is 1.71. The van der Waals surface area contributed by atoms with Crippen molar-refractivity contribution in [3.63, 3.8) is 0 Å². The Morgan fingerprint density at radius 1 is 1.20 bits per heavy atom. The van der Waals surface area contributed by atoms with Crippen LogP contribution >= 0.6 is 11.6 Å². The molecule has 3 rings (SSSR count). The average molecular weight is 383 g/mol. The van der Waals surface area contributed by atoms with Crippen LogP contribution in [0.5, 0.6) is 0 Å². The van der Waals surface area contributed by atoms with Crippen LogP contribution in [0.4, 0.5) is 15.8 Å². The van der Waals surface area contributed by atoms with Gasteiger partial charge in [0.2, 0.25) is 15.9 Å². The Hall–Kier alpha value is -2.12. The zero-order valence-electron chi connectivity index (χ0n) is 13.2. The van der Waals surface area contributed by atoms with E-state index < -0.39 is 10.0 Å². The van der Waals surface area contributed by atoms with E-state index in [9.17, 15) is 17.6 Å². The summed E-state index contributed by atoms with van der Waals surface area (Å²) < 4.78 is 38.1. The minimum Gasteiger partial charge on any atom is -0.324 e. The van der Waals surface area contributed by atoms with Gasteiger partial charge < -0.3 is 5.32 Å². The summed E-state index contributed by atoms with van der Waals surface area (Å²) in [6, 6.07) is 10.4. The molecule has 1 fully saturated rings. The van der Waals surface area contributed by atoms with Gasteiger partial charge in [0.1, 0.15) is 5.82 Å². The fraction of sp³-hybridized carbons (Fsp3) is 0.235. The first-order chi connectivity index (χ1) is 11.8. The first kappa shape index (κ1) is 17.7. The fourth-order valence-corrected chi connectivity index (χ4v) is 4.45. The molecule has 0 bridgehead atoms. The van der Waals surface area contributed by atoms with Crippen molar-refractivity contribution in [1.29, 1.82) is 0 Å². The Kier molecular flexibility index (Phi) is 4.96. The molecule has 5 nitrogen and oxygen atoms in total. The summed E-state index contributed by atoms with van der Waals surface area (Å²) in [5, 5.41) is 2.94. The Labute approximate surface area is 150 Å². The highest BCUT2D eigenvalue weighted by Gasteiger charge is 2.28. The lowest BCUT2D eigenvalue weighted by Crippen LogP contribution is -2.25. The molecule has 1 heterocycles. The molecule has 1 aliphatic heterocycles. The number of benzene rings is 2. The number of amides is 1. The molecule has 0 aromatic heterocycles. The quantitative estimate of drug-likeness (QED) is 0.883. The van der Waals surface area contributed by atoms with Gasteiger partial charge in [-0.2, -0.15) is 0 Å². The molecule has 0 atom stereocenters. The zero-order chi connectivity index (χ0) is 18.0. The molecule has 0 aliphatic carbocycles. The van der Waals surface area contributed by atoms with Crippen molar-refractivity contribution in [2.24, 2.45) is 0 Å². The number of halogens is 2. The summed E-state index contributed by atoms with van der Waals surface area (Å²) in [5.74, 6) is -0.532. The molecular formula is C17H16ClFN2O3S. The summed E-state index contributed by atoms with van der Waals surface area (Å²) in [6.45, 7) is 0.426. The molecule has 0 spiro atoms. The second-order valence-electron chi connectivity index (χ2n) is 5.76. The predicted octanol–water partition coefficient (Wildman–Crippen LogP) is 3.20. The summed E-state index contributed by atoms with van der Waals surface area (Å²) in [7, 11) is -3.28. The number of nitrogens with one attached hydrogen (secondary N) is 1. The topological polar surface area (TPSA) is 66.5 Å².